The highest BCUT2D eigenvalue weighted by Crippen LogP contribution is 2.22. The molecule has 0 unspecified atom stereocenters. The number of esters is 1. The van der Waals surface area contributed by atoms with Crippen LogP contribution in [0.2, 0.25) is 0 Å². The van der Waals surface area contributed by atoms with Gasteiger partial charge in [0, 0.05) is 24.1 Å². The van der Waals surface area contributed by atoms with Gasteiger partial charge in [0.1, 0.15) is 17.9 Å². The Bertz CT molecular complexity index is 1040. The Kier molecular flexibility index (Phi) is 6.06. The summed E-state index contributed by atoms with van der Waals surface area (Å²) >= 11 is 0. The van der Waals surface area contributed by atoms with E-state index < -0.39 is 17.7 Å². The minimum absolute atomic E-state index is 0.0315. The first-order valence-electron chi connectivity index (χ1n) is 8.71. The number of hydrogen-bond acceptors (Lipinski definition) is 6. The molecule has 0 saturated heterocycles. The smallest absolute Gasteiger partial charge is 0.407 e. The van der Waals surface area contributed by atoms with Crippen LogP contribution in [-0.4, -0.2) is 18.6 Å². The number of rotatable bonds is 6. The van der Waals surface area contributed by atoms with Crippen LogP contribution in [0.4, 0.5) is 4.79 Å². The van der Waals surface area contributed by atoms with Crippen LogP contribution < -0.4 is 15.7 Å². The second-order valence-electron chi connectivity index (χ2n) is 6.12. The lowest BCUT2D eigenvalue weighted by atomic mass is 10.1. The van der Waals surface area contributed by atoms with Crippen LogP contribution in [0.25, 0.3) is 11.0 Å². The predicted octanol–water partition coefficient (Wildman–Crippen LogP) is 3.32. The summed E-state index contributed by atoms with van der Waals surface area (Å²) in [6.45, 7) is 2.03. The monoisotopic (exact) mass is 381 g/mol. The van der Waals surface area contributed by atoms with Crippen molar-refractivity contribution in [1.29, 1.82) is 0 Å². The van der Waals surface area contributed by atoms with Crippen molar-refractivity contribution in [3.8, 4) is 5.75 Å². The zero-order chi connectivity index (χ0) is 19.9. The van der Waals surface area contributed by atoms with E-state index in [-0.39, 0.29) is 25.3 Å². The Morgan fingerprint density at radius 3 is 2.64 bits per heavy atom. The number of aryl methyl sites for hydroxylation is 1. The third kappa shape index (κ3) is 5.20. The van der Waals surface area contributed by atoms with E-state index in [2.05, 4.69) is 5.32 Å². The number of fused-ring (bicyclic) bond motifs is 1. The number of nitrogens with one attached hydrogen (secondary N) is 1. The van der Waals surface area contributed by atoms with Crippen molar-refractivity contribution < 1.29 is 23.5 Å². The van der Waals surface area contributed by atoms with Crippen LogP contribution in [0.3, 0.4) is 0 Å². The van der Waals surface area contributed by atoms with Crippen LogP contribution in [0, 0.1) is 6.92 Å². The normalized spacial score (nSPS) is 10.5. The van der Waals surface area contributed by atoms with E-state index in [9.17, 15) is 14.4 Å². The summed E-state index contributed by atoms with van der Waals surface area (Å²) in [4.78, 5) is 35.0. The van der Waals surface area contributed by atoms with Gasteiger partial charge in [0.25, 0.3) is 0 Å². The van der Waals surface area contributed by atoms with E-state index in [1.807, 2.05) is 30.3 Å². The summed E-state index contributed by atoms with van der Waals surface area (Å²) in [5, 5.41) is 3.26. The van der Waals surface area contributed by atoms with Crippen LogP contribution in [0.15, 0.2) is 63.8 Å². The standard InChI is InChI=1S/C21H19NO6/c1-14-11-20(24)28-18-12-16(7-8-17(14)18)27-19(23)9-10-22-21(25)26-13-15-5-3-2-4-6-15/h2-8,11-12H,9-10,13H2,1H3,(H,22,25). The Balaban J connectivity index is 1.46. The average molecular weight is 381 g/mol. The molecule has 3 rings (SSSR count). The molecule has 0 saturated carbocycles. The molecule has 3 aromatic rings. The lowest BCUT2D eigenvalue weighted by Crippen LogP contribution is -2.27. The molecule has 1 heterocycles. The molecular weight excluding hydrogens is 362 g/mol. The van der Waals surface area contributed by atoms with Crippen molar-refractivity contribution >= 4 is 23.0 Å². The number of hydrogen-bond donors (Lipinski definition) is 1. The third-order valence-electron chi connectivity index (χ3n) is 3.97. The molecule has 1 amide bonds. The molecule has 7 nitrogen and oxygen atoms in total. The van der Waals surface area contributed by atoms with Gasteiger partial charge in [-0.1, -0.05) is 30.3 Å². The first kappa shape index (κ1) is 19.2. The van der Waals surface area contributed by atoms with Crippen molar-refractivity contribution in [2.24, 2.45) is 0 Å². The maximum absolute atomic E-state index is 11.9. The van der Waals surface area contributed by atoms with Gasteiger partial charge in [-0.05, 0) is 30.2 Å². The lowest BCUT2D eigenvalue weighted by molar-refractivity contribution is -0.134. The number of carbonyl (C=O) groups excluding carboxylic acids is 2. The SMILES string of the molecule is Cc1cc(=O)oc2cc(OC(=O)CCNC(=O)OCc3ccccc3)ccc12. The molecule has 0 spiro atoms. The summed E-state index contributed by atoms with van der Waals surface area (Å²) in [6, 6.07) is 15.5. The topological polar surface area (TPSA) is 94.8 Å². The van der Waals surface area contributed by atoms with Gasteiger partial charge in [-0.25, -0.2) is 9.59 Å². The van der Waals surface area contributed by atoms with Gasteiger partial charge in [-0.15, -0.1) is 0 Å². The van der Waals surface area contributed by atoms with Crippen LogP contribution in [0.5, 0.6) is 5.75 Å². The number of ether oxygens (including phenoxy) is 2. The predicted molar refractivity (Wildman–Crippen MR) is 102 cm³/mol. The Morgan fingerprint density at radius 1 is 1.07 bits per heavy atom. The highest BCUT2D eigenvalue weighted by Gasteiger charge is 2.09. The van der Waals surface area contributed by atoms with Gasteiger partial charge < -0.3 is 19.2 Å². The first-order chi connectivity index (χ1) is 13.5. The molecule has 144 valence electrons. The second kappa shape index (κ2) is 8.85. The van der Waals surface area contributed by atoms with Gasteiger partial charge in [0.15, 0.2) is 0 Å². The summed E-state index contributed by atoms with van der Waals surface area (Å²) in [6.07, 6.45) is -0.643. The van der Waals surface area contributed by atoms with Crippen molar-refractivity contribution in [2.75, 3.05) is 6.54 Å². The Hall–Kier alpha value is -3.61. The molecule has 1 aromatic heterocycles. The van der Waals surface area contributed by atoms with Gasteiger partial charge in [0.2, 0.25) is 0 Å². The molecular formula is C21H19NO6. The fourth-order valence-electron chi connectivity index (χ4n) is 2.59. The number of benzene rings is 2. The average Bonchev–Trinajstić information content (AvgIpc) is 2.66. The maximum Gasteiger partial charge on any atom is 0.407 e. The Morgan fingerprint density at radius 2 is 1.86 bits per heavy atom. The second-order valence-corrected chi connectivity index (χ2v) is 6.12. The van der Waals surface area contributed by atoms with Crippen molar-refractivity contribution in [3.05, 3.63) is 76.1 Å². The molecule has 0 radical (unpaired) electrons. The van der Waals surface area contributed by atoms with E-state index >= 15 is 0 Å². The van der Waals surface area contributed by atoms with Gasteiger partial charge >= 0.3 is 17.7 Å². The molecule has 0 aliphatic heterocycles. The van der Waals surface area contributed by atoms with Crippen LogP contribution >= 0.6 is 0 Å². The Labute approximate surface area is 160 Å². The molecule has 2 aromatic carbocycles. The summed E-state index contributed by atoms with van der Waals surface area (Å²) in [5.74, 6) is -0.268. The van der Waals surface area contributed by atoms with E-state index in [0.29, 0.717) is 5.58 Å². The zero-order valence-corrected chi connectivity index (χ0v) is 15.3. The highest BCUT2D eigenvalue weighted by molar-refractivity contribution is 5.82. The van der Waals surface area contributed by atoms with Gasteiger partial charge in [-0.2, -0.15) is 0 Å². The molecule has 0 aliphatic carbocycles. The van der Waals surface area contributed by atoms with Gasteiger partial charge in [0.05, 0.1) is 6.42 Å². The van der Waals surface area contributed by atoms with Crippen molar-refractivity contribution in [2.45, 2.75) is 20.0 Å². The van der Waals surface area contributed by atoms with E-state index in [4.69, 9.17) is 13.9 Å². The third-order valence-corrected chi connectivity index (χ3v) is 3.97. The number of amides is 1. The minimum atomic E-state index is -0.611. The summed E-state index contributed by atoms with van der Waals surface area (Å²) in [7, 11) is 0. The van der Waals surface area contributed by atoms with Gasteiger partial charge in [-0.3, -0.25) is 4.79 Å². The number of alkyl carbamates (subject to hydrolysis) is 1. The zero-order valence-electron chi connectivity index (χ0n) is 15.3. The molecule has 28 heavy (non-hydrogen) atoms. The fourth-order valence-corrected chi connectivity index (χ4v) is 2.59. The summed E-state index contributed by atoms with van der Waals surface area (Å²) in [5.41, 5.74) is 1.53. The quantitative estimate of drug-likeness (QED) is 0.400. The highest BCUT2D eigenvalue weighted by atomic mass is 16.5. The van der Waals surface area contributed by atoms with Crippen molar-refractivity contribution in [1.82, 2.24) is 5.32 Å². The van der Waals surface area contributed by atoms with E-state index in [1.54, 1.807) is 19.1 Å². The lowest BCUT2D eigenvalue weighted by Gasteiger charge is -2.08. The fraction of sp³-hybridized carbons (Fsp3) is 0.190. The minimum Gasteiger partial charge on any atom is -0.445 e. The molecule has 0 atom stereocenters. The summed E-state index contributed by atoms with van der Waals surface area (Å²) < 4.78 is 15.4. The van der Waals surface area contributed by atoms with Crippen LogP contribution in [-0.2, 0) is 16.1 Å². The molecule has 7 heteroatoms. The van der Waals surface area contributed by atoms with E-state index in [1.165, 1.54) is 12.1 Å². The van der Waals surface area contributed by atoms with E-state index in [0.717, 1.165) is 16.5 Å². The maximum atomic E-state index is 11.9. The molecule has 0 aliphatic rings. The first-order valence-corrected chi connectivity index (χ1v) is 8.71. The molecule has 0 bridgehead atoms. The molecule has 1 N–H and O–H groups in total. The van der Waals surface area contributed by atoms with Crippen LogP contribution in [0.1, 0.15) is 17.5 Å². The largest absolute Gasteiger partial charge is 0.445 e. The number of carbonyl (C=O) groups is 2. The van der Waals surface area contributed by atoms with Crippen molar-refractivity contribution in [3.63, 3.8) is 0 Å². The molecule has 0 fully saturated rings.